The molecular formula is C17H19NO3. The van der Waals surface area contributed by atoms with Gasteiger partial charge in [-0.3, -0.25) is 4.79 Å². The van der Waals surface area contributed by atoms with E-state index >= 15 is 0 Å². The Labute approximate surface area is 123 Å². The average Bonchev–Trinajstić information content (AvgIpc) is 2.74. The molecule has 0 radical (unpaired) electrons. The number of ether oxygens (including phenoxy) is 1. The molecule has 0 saturated heterocycles. The highest BCUT2D eigenvalue weighted by Gasteiger charge is 2.23. The average molecular weight is 285 g/mol. The van der Waals surface area contributed by atoms with E-state index in [9.17, 15) is 9.59 Å². The third kappa shape index (κ3) is 2.35. The third-order valence-corrected chi connectivity index (χ3v) is 4.06. The molecule has 1 aliphatic heterocycles. The molecule has 2 aromatic rings. The molecule has 21 heavy (non-hydrogen) atoms. The predicted molar refractivity (Wildman–Crippen MR) is 81.7 cm³/mol. The summed E-state index contributed by atoms with van der Waals surface area (Å²) in [6.45, 7) is 2.89. The Hall–Kier alpha value is -2.10. The second-order valence-electron chi connectivity index (χ2n) is 5.35. The molecule has 1 aliphatic rings. The van der Waals surface area contributed by atoms with Gasteiger partial charge in [-0.05, 0) is 38.3 Å². The molecule has 4 nitrogen and oxygen atoms in total. The highest BCUT2D eigenvalue weighted by molar-refractivity contribution is 5.95. The molecule has 0 saturated carbocycles. The first-order valence-electron chi connectivity index (χ1n) is 7.55. The maximum absolute atomic E-state index is 12.7. The number of benzene rings is 1. The van der Waals surface area contributed by atoms with E-state index in [2.05, 4.69) is 4.57 Å². The van der Waals surface area contributed by atoms with Gasteiger partial charge in [0.25, 0.3) is 0 Å². The van der Waals surface area contributed by atoms with E-state index < -0.39 is 5.97 Å². The van der Waals surface area contributed by atoms with E-state index in [1.165, 1.54) is 0 Å². The standard InChI is InChI=1S/C17H19NO3/c1-2-21-17(20)15-14-10-4-3-7-11-18(14)13-9-6-5-8-12(13)16(15)19/h5-6,8-9H,2-4,7,10-11H2,1H3. The van der Waals surface area contributed by atoms with Crippen LogP contribution in [-0.4, -0.2) is 17.1 Å². The molecule has 0 aliphatic carbocycles. The number of para-hydroxylation sites is 1. The van der Waals surface area contributed by atoms with E-state index in [0.29, 0.717) is 5.39 Å². The number of nitrogens with zero attached hydrogens (tertiary/aromatic N) is 1. The lowest BCUT2D eigenvalue weighted by molar-refractivity contribution is 0.0522. The summed E-state index contributed by atoms with van der Waals surface area (Å²) >= 11 is 0. The maximum Gasteiger partial charge on any atom is 0.343 e. The highest BCUT2D eigenvalue weighted by atomic mass is 16.5. The number of esters is 1. The van der Waals surface area contributed by atoms with Gasteiger partial charge in [-0.25, -0.2) is 4.79 Å². The number of hydrogen-bond acceptors (Lipinski definition) is 3. The molecule has 0 N–H and O–H groups in total. The van der Waals surface area contributed by atoms with E-state index in [4.69, 9.17) is 4.74 Å². The van der Waals surface area contributed by atoms with Crippen LogP contribution in [0.1, 0.15) is 42.2 Å². The lowest BCUT2D eigenvalue weighted by Crippen LogP contribution is -2.25. The minimum atomic E-state index is -0.487. The molecule has 110 valence electrons. The number of carbonyl (C=O) groups is 1. The second kappa shape index (κ2) is 5.72. The summed E-state index contributed by atoms with van der Waals surface area (Å²) in [5, 5.41) is 0.603. The summed E-state index contributed by atoms with van der Waals surface area (Å²) < 4.78 is 7.25. The van der Waals surface area contributed by atoms with Gasteiger partial charge in [-0.1, -0.05) is 18.6 Å². The zero-order valence-corrected chi connectivity index (χ0v) is 12.2. The molecule has 1 aromatic carbocycles. The van der Waals surface area contributed by atoms with Crippen LogP contribution in [0.15, 0.2) is 29.1 Å². The van der Waals surface area contributed by atoms with Crippen molar-refractivity contribution in [1.29, 1.82) is 0 Å². The van der Waals surface area contributed by atoms with Gasteiger partial charge in [0.2, 0.25) is 5.43 Å². The van der Waals surface area contributed by atoms with Crippen LogP contribution in [0, 0.1) is 0 Å². The van der Waals surface area contributed by atoms with Gasteiger partial charge < -0.3 is 9.30 Å². The molecule has 0 fully saturated rings. The van der Waals surface area contributed by atoms with E-state index in [1.807, 2.05) is 18.2 Å². The zero-order chi connectivity index (χ0) is 14.8. The summed E-state index contributed by atoms with van der Waals surface area (Å²) in [5.41, 5.74) is 1.80. The monoisotopic (exact) mass is 285 g/mol. The molecule has 0 bridgehead atoms. The van der Waals surface area contributed by atoms with Crippen molar-refractivity contribution in [3.8, 4) is 0 Å². The topological polar surface area (TPSA) is 48.3 Å². The minimum Gasteiger partial charge on any atom is -0.462 e. The van der Waals surface area contributed by atoms with Gasteiger partial charge in [0.05, 0.1) is 12.1 Å². The minimum absolute atomic E-state index is 0.197. The Kier molecular flexibility index (Phi) is 3.78. The van der Waals surface area contributed by atoms with Crippen LogP contribution in [0.3, 0.4) is 0 Å². The first kappa shape index (κ1) is 13.9. The van der Waals surface area contributed by atoms with Gasteiger partial charge in [-0.15, -0.1) is 0 Å². The summed E-state index contributed by atoms with van der Waals surface area (Å²) in [6, 6.07) is 7.52. The van der Waals surface area contributed by atoms with Crippen LogP contribution in [0.2, 0.25) is 0 Å². The quantitative estimate of drug-likeness (QED) is 0.797. The number of hydrogen-bond donors (Lipinski definition) is 0. The summed E-state index contributed by atoms with van der Waals surface area (Å²) in [6.07, 6.45) is 3.95. The molecule has 0 unspecified atom stereocenters. The van der Waals surface area contributed by atoms with Crippen LogP contribution < -0.4 is 5.43 Å². The largest absolute Gasteiger partial charge is 0.462 e. The first-order chi connectivity index (χ1) is 10.2. The first-order valence-corrected chi connectivity index (χ1v) is 7.55. The van der Waals surface area contributed by atoms with Crippen molar-refractivity contribution in [1.82, 2.24) is 4.57 Å². The van der Waals surface area contributed by atoms with Crippen LogP contribution in [0.25, 0.3) is 10.9 Å². The maximum atomic E-state index is 12.7. The van der Waals surface area contributed by atoms with Crippen molar-refractivity contribution in [2.75, 3.05) is 6.61 Å². The number of aryl methyl sites for hydroxylation is 1. The van der Waals surface area contributed by atoms with E-state index in [-0.39, 0.29) is 17.6 Å². The molecule has 3 rings (SSSR count). The summed E-state index contributed by atoms with van der Waals surface area (Å²) in [7, 11) is 0. The predicted octanol–water partition coefficient (Wildman–Crippen LogP) is 2.90. The fraction of sp³-hybridized carbons (Fsp3) is 0.412. The van der Waals surface area contributed by atoms with Gasteiger partial charge in [-0.2, -0.15) is 0 Å². The SMILES string of the molecule is CCOC(=O)c1c2n(c3ccccc3c1=O)CCCCC2. The normalized spacial score (nSPS) is 14.5. The Morgan fingerprint density at radius 1 is 1.24 bits per heavy atom. The third-order valence-electron chi connectivity index (χ3n) is 4.06. The van der Waals surface area contributed by atoms with Gasteiger partial charge >= 0.3 is 5.97 Å². The van der Waals surface area contributed by atoms with E-state index in [1.54, 1.807) is 13.0 Å². The molecule has 4 heteroatoms. The van der Waals surface area contributed by atoms with E-state index in [0.717, 1.165) is 43.4 Å². The van der Waals surface area contributed by atoms with Crippen molar-refractivity contribution in [2.45, 2.75) is 39.2 Å². The highest BCUT2D eigenvalue weighted by Crippen LogP contribution is 2.23. The van der Waals surface area contributed by atoms with Gasteiger partial charge in [0, 0.05) is 17.6 Å². The number of fused-ring (bicyclic) bond motifs is 3. The number of carbonyl (C=O) groups excluding carboxylic acids is 1. The molecule has 0 amide bonds. The Bertz CT molecular complexity index is 746. The van der Waals surface area contributed by atoms with Crippen molar-refractivity contribution in [3.05, 3.63) is 45.7 Å². The smallest absolute Gasteiger partial charge is 0.343 e. The molecule has 1 aromatic heterocycles. The van der Waals surface area contributed by atoms with Crippen molar-refractivity contribution >= 4 is 16.9 Å². The Balaban J connectivity index is 2.35. The zero-order valence-electron chi connectivity index (χ0n) is 12.2. The van der Waals surface area contributed by atoms with Crippen molar-refractivity contribution < 1.29 is 9.53 Å². The summed E-state index contributed by atoms with van der Waals surface area (Å²) in [5.74, 6) is -0.487. The Morgan fingerprint density at radius 2 is 2.05 bits per heavy atom. The number of rotatable bonds is 2. The molecule has 0 spiro atoms. The number of aromatic nitrogens is 1. The second-order valence-corrected chi connectivity index (χ2v) is 5.35. The van der Waals surface area contributed by atoms with Crippen LogP contribution in [0.4, 0.5) is 0 Å². The lowest BCUT2D eigenvalue weighted by Gasteiger charge is -2.17. The summed E-state index contributed by atoms with van der Waals surface area (Å²) in [4.78, 5) is 25.0. The van der Waals surface area contributed by atoms with Crippen LogP contribution >= 0.6 is 0 Å². The fourth-order valence-electron chi connectivity index (χ4n) is 3.12. The lowest BCUT2D eigenvalue weighted by atomic mass is 10.0. The van der Waals surface area contributed by atoms with Gasteiger partial charge in [0.15, 0.2) is 0 Å². The molecule has 0 atom stereocenters. The van der Waals surface area contributed by atoms with Crippen LogP contribution in [-0.2, 0) is 17.7 Å². The van der Waals surface area contributed by atoms with Crippen molar-refractivity contribution in [2.24, 2.45) is 0 Å². The van der Waals surface area contributed by atoms with Crippen molar-refractivity contribution in [3.63, 3.8) is 0 Å². The van der Waals surface area contributed by atoms with Crippen LogP contribution in [0.5, 0.6) is 0 Å². The van der Waals surface area contributed by atoms with Gasteiger partial charge in [0.1, 0.15) is 5.56 Å². The Morgan fingerprint density at radius 3 is 2.86 bits per heavy atom. The molecule has 2 heterocycles. The molecular weight excluding hydrogens is 266 g/mol. The fourth-order valence-corrected chi connectivity index (χ4v) is 3.12. The number of pyridine rings is 1.